The minimum Gasteiger partial charge on any atom is -0.507 e. The number of carbonyl (C=O) groups is 4. The zero-order valence-electron chi connectivity index (χ0n) is 16.7. The number of hydrogen-bond acceptors (Lipinski definition) is 8. The molecule has 0 aliphatic heterocycles. The number of esters is 1. The number of benzene rings is 2. The summed E-state index contributed by atoms with van der Waals surface area (Å²) in [5, 5.41) is 21.7. The summed E-state index contributed by atoms with van der Waals surface area (Å²) < 4.78 is 9.88. The summed E-state index contributed by atoms with van der Waals surface area (Å²) in [4.78, 5) is 50.4. The fourth-order valence-corrected chi connectivity index (χ4v) is 3.61. The minimum atomic E-state index is -0.999. The first kappa shape index (κ1) is 21.0. The van der Waals surface area contributed by atoms with Crippen LogP contribution >= 0.6 is 0 Å². The summed E-state index contributed by atoms with van der Waals surface area (Å²) in [5.74, 6) is -3.88. The monoisotopic (exact) mass is 412 g/mol. The number of hydrogen-bond donors (Lipinski definition) is 2. The van der Waals surface area contributed by atoms with Gasteiger partial charge in [0.25, 0.3) is 0 Å². The van der Waals surface area contributed by atoms with Crippen LogP contribution in [0.4, 0.5) is 0 Å². The molecule has 8 heteroatoms. The van der Waals surface area contributed by atoms with Crippen molar-refractivity contribution in [2.24, 2.45) is 0 Å². The molecule has 0 heterocycles. The van der Waals surface area contributed by atoms with Gasteiger partial charge in [-0.25, -0.2) is 4.79 Å². The van der Waals surface area contributed by atoms with E-state index in [1.807, 2.05) is 0 Å². The van der Waals surface area contributed by atoms with Gasteiger partial charge in [-0.05, 0) is 12.5 Å². The van der Waals surface area contributed by atoms with Crippen molar-refractivity contribution in [2.45, 2.75) is 26.2 Å². The molecule has 1 aliphatic rings. The highest BCUT2D eigenvalue weighted by Crippen LogP contribution is 2.45. The topological polar surface area (TPSA) is 127 Å². The van der Waals surface area contributed by atoms with Crippen molar-refractivity contribution in [3.63, 3.8) is 0 Å². The zero-order valence-corrected chi connectivity index (χ0v) is 16.7. The smallest absolute Gasteiger partial charge is 0.342 e. The Morgan fingerprint density at radius 2 is 1.63 bits per heavy atom. The SMILES string of the molecule is CCC(=O)CCc1c(O)c2c(c(O)c1C(=O)OC)C(=O)c1cccc(OC)c1C2=O. The third-order valence-corrected chi connectivity index (χ3v) is 5.16. The fraction of sp³-hybridized carbons (Fsp3) is 0.273. The van der Waals surface area contributed by atoms with E-state index in [1.54, 1.807) is 6.92 Å². The first-order chi connectivity index (χ1) is 14.3. The van der Waals surface area contributed by atoms with E-state index in [1.165, 1.54) is 25.3 Å². The van der Waals surface area contributed by atoms with Crippen LogP contribution in [0.15, 0.2) is 18.2 Å². The first-order valence-electron chi connectivity index (χ1n) is 9.25. The van der Waals surface area contributed by atoms with Crippen LogP contribution in [-0.2, 0) is 16.0 Å². The van der Waals surface area contributed by atoms with Crippen molar-refractivity contribution in [1.82, 2.24) is 0 Å². The molecule has 0 radical (unpaired) electrons. The highest BCUT2D eigenvalue weighted by molar-refractivity contribution is 6.32. The maximum Gasteiger partial charge on any atom is 0.342 e. The maximum absolute atomic E-state index is 13.2. The van der Waals surface area contributed by atoms with E-state index in [2.05, 4.69) is 0 Å². The van der Waals surface area contributed by atoms with Gasteiger partial charge in [-0.3, -0.25) is 14.4 Å². The van der Waals surface area contributed by atoms with Crippen LogP contribution in [0, 0.1) is 0 Å². The molecule has 0 unspecified atom stereocenters. The predicted molar refractivity (Wildman–Crippen MR) is 105 cm³/mol. The molecule has 2 aromatic rings. The molecule has 0 fully saturated rings. The third-order valence-electron chi connectivity index (χ3n) is 5.16. The normalized spacial score (nSPS) is 12.2. The summed E-state index contributed by atoms with van der Waals surface area (Å²) in [6.45, 7) is 1.67. The number of fused-ring (bicyclic) bond motifs is 2. The summed E-state index contributed by atoms with van der Waals surface area (Å²) in [5.41, 5.74) is -1.55. The van der Waals surface area contributed by atoms with Gasteiger partial charge in [-0.1, -0.05) is 19.1 Å². The van der Waals surface area contributed by atoms with Gasteiger partial charge >= 0.3 is 5.97 Å². The Hall–Kier alpha value is -3.68. The highest BCUT2D eigenvalue weighted by Gasteiger charge is 2.40. The Morgan fingerprint density at radius 1 is 0.967 bits per heavy atom. The molecular formula is C22H20O8. The average molecular weight is 412 g/mol. The van der Waals surface area contributed by atoms with Gasteiger partial charge in [-0.15, -0.1) is 0 Å². The van der Waals surface area contributed by atoms with Crippen LogP contribution < -0.4 is 4.74 Å². The minimum absolute atomic E-state index is 0.0220. The van der Waals surface area contributed by atoms with E-state index in [9.17, 15) is 29.4 Å². The number of methoxy groups -OCH3 is 2. The second-order valence-electron chi connectivity index (χ2n) is 6.73. The summed E-state index contributed by atoms with van der Waals surface area (Å²) in [6.07, 6.45) is 0.0889. The maximum atomic E-state index is 13.2. The Bertz CT molecular complexity index is 1100. The number of carbonyl (C=O) groups excluding carboxylic acids is 4. The van der Waals surface area contributed by atoms with Crippen LogP contribution in [0.3, 0.4) is 0 Å². The molecule has 30 heavy (non-hydrogen) atoms. The van der Waals surface area contributed by atoms with Gasteiger partial charge in [0.05, 0.1) is 30.9 Å². The van der Waals surface area contributed by atoms with Crippen LogP contribution in [0.2, 0.25) is 0 Å². The molecule has 0 saturated heterocycles. The van der Waals surface area contributed by atoms with Gasteiger partial charge in [0.2, 0.25) is 5.78 Å². The number of phenols is 2. The average Bonchev–Trinajstić information content (AvgIpc) is 2.75. The number of aromatic hydroxyl groups is 2. The molecule has 0 bridgehead atoms. The zero-order chi connectivity index (χ0) is 22.2. The van der Waals surface area contributed by atoms with Crippen molar-refractivity contribution in [3.05, 3.63) is 51.6 Å². The van der Waals surface area contributed by atoms with Crippen LogP contribution in [0.25, 0.3) is 0 Å². The number of rotatable bonds is 6. The lowest BCUT2D eigenvalue weighted by atomic mass is 9.79. The number of ether oxygens (including phenoxy) is 2. The molecule has 0 saturated carbocycles. The second-order valence-corrected chi connectivity index (χ2v) is 6.73. The molecule has 2 N–H and O–H groups in total. The molecule has 1 aliphatic carbocycles. The van der Waals surface area contributed by atoms with E-state index in [4.69, 9.17) is 9.47 Å². The Labute approximate surface area is 172 Å². The van der Waals surface area contributed by atoms with Gasteiger partial charge in [0.15, 0.2) is 5.78 Å². The van der Waals surface area contributed by atoms with Gasteiger partial charge in [0, 0.05) is 24.0 Å². The molecule has 2 aromatic carbocycles. The summed E-state index contributed by atoms with van der Waals surface area (Å²) >= 11 is 0. The Kier molecular flexibility index (Phi) is 5.60. The Balaban J connectivity index is 2.33. The standard InChI is InChI=1S/C22H20O8/c1-4-10(23)8-9-12-15(22(28)30-3)21(27)17-16(19(12)25)20(26)14-11(18(17)24)6-5-7-13(14)29-2/h5-7,25,27H,4,8-9H2,1-3H3. The largest absolute Gasteiger partial charge is 0.507 e. The quantitative estimate of drug-likeness (QED) is 0.467. The van der Waals surface area contributed by atoms with Crippen molar-refractivity contribution in [1.29, 1.82) is 0 Å². The molecule has 156 valence electrons. The second kappa shape index (κ2) is 7.98. The lowest BCUT2D eigenvalue weighted by Crippen LogP contribution is -2.24. The first-order valence-corrected chi connectivity index (χ1v) is 9.25. The third kappa shape index (κ3) is 3.10. The summed E-state index contributed by atoms with van der Waals surface area (Å²) in [6, 6.07) is 4.40. The van der Waals surface area contributed by atoms with Crippen molar-refractivity contribution >= 4 is 23.3 Å². The number of phenolic OH excluding ortho intramolecular Hbond substituents is 2. The molecule has 0 spiro atoms. The van der Waals surface area contributed by atoms with Crippen LogP contribution in [0.5, 0.6) is 17.2 Å². The lowest BCUT2D eigenvalue weighted by molar-refractivity contribution is -0.118. The highest BCUT2D eigenvalue weighted by atomic mass is 16.5. The van der Waals surface area contributed by atoms with Crippen LogP contribution in [0.1, 0.15) is 67.5 Å². The van der Waals surface area contributed by atoms with E-state index in [0.717, 1.165) is 7.11 Å². The number of ketones is 3. The van der Waals surface area contributed by atoms with Crippen molar-refractivity contribution in [2.75, 3.05) is 14.2 Å². The molecule has 0 amide bonds. The van der Waals surface area contributed by atoms with Gasteiger partial charge < -0.3 is 19.7 Å². The lowest BCUT2D eigenvalue weighted by Gasteiger charge is -2.24. The van der Waals surface area contributed by atoms with E-state index in [0.29, 0.717) is 0 Å². The molecule has 0 atom stereocenters. The van der Waals surface area contributed by atoms with E-state index < -0.39 is 45.7 Å². The summed E-state index contributed by atoms with van der Waals surface area (Å²) in [7, 11) is 2.41. The van der Waals surface area contributed by atoms with E-state index in [-0.39, 0.29) is 47.5 Å². The van der Waals surface area contributed by atoms with Crippen LogP contribution in [-0.4, -0.2) is 47.8 Å². The van der Waals surface area contributed by atoms with Gasteiger partial charge in [0.1, 0.15) is 28.6 Å². The molecule has 8 nitrogen and oxygen atoms in total. The van der Waals surface area contributed by atoms with Crippen molar-refractivity contribution in [3.8, 4) is 17.2 Å². The molecular weight excluding hydrogens is 392 g/mol. The Morgan fingerprint density at radius 3 is 2.23 bits per heavy atom. The van der Waals surface area contributed by atoms with Crippen molar-refractivity contribution < 1.29 is 38.9 Å². The predicted octanol–water partition coefficient (Wildman–Crippen LogP) is 2.58. The van der Waals surface area contributed by atoms with Gasteiger partial charge in [-0.2, -0.15) is 0 Å². The van der Waals surface area contributed by atoms with E-state index >= 15 is 0 Å². The number of Topliss-reactive ketones (excluding diaryl/α,β-unsaturated/α-hetero) is 1. The molecule has 0 aromatic heterocycles. The fourth-order valence-electron chi connectivity index (χ4n) is 3.61. The molecule has 3 rings (SSSR count).